The van der Waals surface area contributed by atoms with Crippen molar-refractivity contribution in [1.29, 1.82) is 5.41 Å². The van der Waals surface area contributed by atoms with E-state index in [1.165, 1.54) is 0 Å². The number of nitrogens with two attached hydrogens (primary N) is 2. The number of rotatable bonds is 6. The maximum Gasteiger partial charge on any atom is 0.330 e. The lowest BCUT2D eigenvalue weighted by Crippen LogP contribution is -2.35. The van der Waals surface area contributed by atoms with E-state index in [4.69, 9.17) is 16.9 Å². The summed E-state index contributed by atoms with van der Waals surface area (Å²) in [6.45, 7) is 0.507. The van der Waals surface area contributed by atoms with Gasteiger partial charge in [-0.2, -0.15) is 0 Å². The van der Waals surface area contributed by atoms with Crippen molar-refractivity contribution >= 4 is 18.4 Å². The molecule has 0 heterocycles. The Hall–Kier alpha value is -1.63. The maximum absolute atomic E-state index is 10.8. The second-order valence-electron chi connectivity index (χ2n) is 2.62. The van der Waals surface area contributed by atoms with Gasteiger partial charge in [-0.15, -0.1) is 0 Å². The van der Waals surface area contributed by atoms with Crippen LogP contribution in [-0.2, 0) is 14.3 Å². The number of carbonyl (C=O) groups is 2. The average molecular weight is 202 g/mol. The summed E-state index contributed by atoms with van der Waals surface area (Å²) < 4.78 is 4.05. The number of hydrogen-bond donors (Lipinski definition) is 4. The zero-order chi connectivity index (χ0) is 11.0. The van der Waals surface area contributed by atoms with Gasteiger partial charge in [-0.25, -0.2) is 4.79 Å². The van der Waals surface area contributed by atoms with Crippen LogP contribution in [0.1, 0.15) is 12.8 Å². The molecule has 80 valence electrons. The Balaban J connectivity index is 3.52. The number of hydrogen-bond acceptors (Lipinski definition) is 5. The Labute approximate surface area is 81.3 Å². The van der Waals surface area contributed by atoms with Crippen LogP contribution in [0.15, 0.2) is 0 Å². The number of esters is 1. The van der Waals surface area contributed by atoms with E-state index in [1.807, 2.05) is 0 Å². The van der Waals surface area contributed by atoms with Gasteiger partial charge in [0.2, 0.25) is 0 Å². The van der Waals surface area contributed by atoms with Crippen molar-refractivity contribution in [2.45, 2.75) is 18.9 Å². The summed E-state index contributed by atoms with van der Waals surface area (Å²) >= 11 is 0. The number of ether oxygens (including phenoxy) is 1. The molecule has 0 aliphatic rings. The van der Waals surface area contributed by atoms with Gasteiger partial charge in [-0.05, 0) is 12.8 Å². The lowest BCUT2D eigenvalue weighted by molar-refractivity contribution is -0.152. The third kappa shape index (κ3) is 5.95. The third-order valence-electron chi connectivity index (χ3n) is 1.47. The Bertz CT molecular complexity index is 219. The Morgan fingerprint density at radius 2 is 2.29 bits per heavy atom. The molecule has 0 aromatic rings. The van der Waals surface area contributed by atoms with Gasteiger partial charge in [0.25, 0.3) is 0 Å². The topological polar surface area (TPSA) is 131 Å². The third-order valence-corrected chi connectivity index (χ3v) is 1.47. The molecule has 0 aromatic heterocycles. The summed E-state index contributed by atoms with van der Waals surface area (Å²) in [5.41, 5.74) is 10.4. The minimum Gasteiger partial charge on any atom is -0.394 e. The predicted octanol–water partition coefficient (Wildman–Crippen LogP) is -1.72. The van der Waals surface area contributed by atoms with Crippen LogP contribution in [0, 0.1) is 5.41 Å². The fourth-order valence-corrected chi connectivity index (χ4v) is 0.798. The molecule has 0 aromatic carbocycles. The molecule has 0 unspecified atom stereocenters. The fourth-order valence-electron chi connectivity index (χ4n) is 0.798. The average Bonchev–Trinajstić information content (AvgIpc) is 2.12. The van der Waals surface area contributed by atoms with Gasteiger partial charge in [0.15, 0.2) is 5.96 Å². The lowest BCUT2D eigenvalue weighted by atomic mass is 10.2. The fraction of sp³-hybridized carbons (Fsp3) is 0.571. The van der Waals surface area contributed by atoms with Gasteiger partial charge < -0.3 is 21.5 Å². The van der Waals surface area contributed by atoms with Crippen LogP contribution in [0.5, 0.6) is 0 Å². The van der Waals surface area contributed by atoms with Gasteiger partial charge in [0.05, 0.1) is 0 Å². The van der Waals surface area contributed by atoms with Gasteiger partial charge in [-0.3, -0.25) is 10.2 Å². The van der Waals surface area contributed by atoms with Crippen LogP contribution in [-0.4, -0.2) is 31.0 Å². The first-order valence-electron chi connectivity index (χ1n) is 4.05. The van der Waals surface area contributed by atoms with Crippen molar-refractivity contribution in [3.05, 3.63) is 0 Å². The van der Waals surface area contributed by atoms with E-state index in [0.29, 0.717) is 19.4 Å². The number of guanidine groups is 1. The van der Waals surface area contributed by atoms with E-state index in [1.54, 1.807) is 0 Å². The first-order valence-corrected chi connectivity index (χ1v) is 4.05. The molecular formula is C7H14N4O3. The molecule has 0 saturated carbocycles. The van der Waals surface area contributed by atoms with E-state index >= 15 is 0 Å². The minimum atomic E-state index is -0.811. The van der Waals surface area contributed by atoms with Gasteiger partial charge in [0.1, 0.15) is 6.04 Å². The molecule has 6 N–H and O–H groups in total. The molecule has 1 atom stereocenters. The summed E-state index contributed by atoms with van der Waals surface area (Å²) in [4.78, 5) is 20.6. The van der Waals surface area contributed by atoms with Crippen molar-refractivity contribution in [3.63, 3.8) is 0 Å². The summed E-state index contributed by atoms with van der Waals surface area (Å²) in [5, 5.41) is 9.38. The molecule has 7 heteroatoms. The van der Waals surface area contributed by atoms with Gasteiger partial charge in [-0.1, -0.05) is 0 Å². The molecule has 14 heavy (non-hydrogen) atoms. The smallest absolute Gasteiger partial charge is 0.330 e. The van der Waals surface area contributed by atoms with Crippen molar-refractivity contribution in [2.24, 2.45) is 11.5 Å². The Morgan fingerprint density at radius 3 is 2.79 bits per heavy atom. The highest BCUT2D eigenvalue weighted by Gasteiger charge is 2.13. The quantitative estimate of drug-likeness (QED) is 0.101. The number of nitrogens with one attached hydrogen (secondary N) is 2. The zero-order valence-electron chi connectivity index (χ0n) is 7.66. The van der Waals surface area contributed by atoms with Crippen LogP contribution in [0.2, 0.25) is 0 Å². The van der Waals surface area contributed by atoms with Crippen molar-refractivity contribution < 1.29 is 14.3 Å². The van der Waals surface area contributed by atoms with Crippen molar-refractivity contribution in [3.8, 4) is 0 Å². The molecule has 0 bridgehead atoms. The van der Waals surface area contributed by atoms with Crippen molar-refractivity contribution in [2.75, 3.05) is 6.54 Å². The summed E-state index contributed by atoms with van der Waals surface area (Å²) in [7, 11) is 0. The largest absolute Gasteiger partial charge is 0.394 e. The maximum atomic E-state index is 10.8. The second-order valence-corrected chi connectivity index (χ2v) is 2.62. The van der Waals surface area contributed by atoms with E-state index in [-0.39, 0.29) is 12.4 Å². The predicted molar refractivity (Wildman–Crippen MR) is 49.3 cm³/mol. The van der Waals surface area contributed by atoms with Crippen LogP contribution in [0.4, 0.5) is 0 Å². The molecule has 0 aliphatic heterocycles. The van der Waals surface area contributed by atoms with Crippen molar-refractivity contribution in [1.82, 2.24) is 5.32 Å². The molecule has 0 rings (SSSR count). The van der Waals surface area contributed by atoms with Crippen LogP contribution >= 0.6 is 0 Å². The summed E-state index contributed by atoms with van der Waals surface area (Å²) in [6, 6.07) is -0.811. The first-order chi connectivity index (χ1) is 6.57. The lowest BCUT2D eigenvalue weighted by Gasteiger charge is -2.08. The monoisotopic (exact) mass is 202 g/mol. The molecule has 0 spiro atoms. The number of carbonyl (C=O) groups excluding carboxylic acids is 2. The Kier molecular flexibility index (Phi) is 6.04. The molecule has 0 amide bonds. The molecule has 0 aliphatic carbocycles. The molecule has 7 nitrogen and oxygen atoms in total. The molecule has 0 fully saturated rings. The first kappa shape index (κ1) is 12.4. The second kappa shape index (κ2) is 6.84. The standard InChI is InChI=1S/C7H14N4O3/c8-5(6(13)14-4-12)2-1-3-11-7(9)10/h4-5H,1-3,8H2,(H4,9,10,11)/t5-/m0/s1. The van der Waals surface area contributed by atoms with E-state index < -0.39 is 12.0 Å². The Morgan fingerprint density at radius 1 is 1.64 bits per heavy atom. The van der Waals surface area contributed by atoms with E-state index in [9.17, 15) is 9.59 Å². The highest BCUT2D eigenvalue weighted by Crippen LogP contribution is 1.95. The SMILES string of the molecule is N=C(N)NCCC[C@H](N)C(=O)OC=O. The zero-order valence-corrected chi connectivity index (χ0v) is 7.66. The summed E-state index contributed by atoms with van der Waals surface area (Å²) in [6.07, 6.45) is 0.932. The van der Waals surface area contributed by atoms with Gasteiger partial charge >= 0.3 is 12.4 Å². The summed E-state index contributed by atoms with van der Waals surface area (Å²) in [5.74, 6) is -0.878. The normalized spacial score (nSPS) is 11.5. The van der Waals surface area contributed by atoms with Gasteiger partial charge in [0, 0.05) is 6.54 Å². The molecular weight excluding hydrogens is 188 g/mol. The van der Waals surface area contributed by atoms with Crippen LogP contribution in [0.25, 0.3) is 0 Å². The highest BCUT2D eigenvalue weighted by atomic mass is 16.6. The van der Waals surface area contributed by atoms with Crippen LogP contribution < -0.4 is 16.8 Å². The molecule has 0 saturated heterocycles. The van der Waals surface area contributed by atoms with E-state index in [0.717, 1.165) is 0 Å². The minimum absolute atomic E-state index is 0.0516. The van der Waals surface area contributed by atoms with Crippen LogP contribution in [0.3, 0.4) is 0 Å². The highest BCUT2D eigenvalue weighted by molar-refractivity contribution is 5.81. The van der Waals surface area contributed by atoms with E-state index in [2.05, 4.69) is 10.1 Å². The molecule has 0 radical (unpaired) electrons.